The third-order valence-electron chi connectivity index (χ3n) is 3.01. The summed E-state index contributed by atoms with van der Waals surface area (Å²) in [5, 5.41) is 9.91. The molecule has 23 heavy (non-hydrogen) atoms. The summed E-state index contributed by atoms with van der Waals surface area (Å²) < 4.78 is 63.9. The minimum Gasteiger partial charge on any atom is -0.387 e. The van der Waals surface area contributed by atoms with Gasteiger partial charge in [0, 0.05) is 18.9 Å². The van der Waals surface area contributed by atoms with Gasteiger partial charge in [-0.2, -0.15) is 13.2 Å². The highest BCUT2D eigenvalue weighted by molar-refractivity contribution is 7.89. The molecule has 0 spiro atoms. The Morgan fingerprint density at radius 2 is 1.96 bits per heavy atom. The fraction of sp³-hybridized carbons (Fsp3) is 0.214. The third kappa shape index (κ3) is 4.50. The Kier molecular flexibility index (Phi) is 5.03. The SMILES string of the molecule is O=S(=O)(NC[C@H](O)c1cccc(C(F)(F)F)c1)c1cccnc1. The molecule has 9 heteroatoms. The van der Waals surface area contributed by atoms with E-state index in [-0.39, 0.29) is 10.5 Å². The molecule has 0 saturated carbocycles. The van der Waals surface area contributed by atoms with Crippen LogP contribution >= 0.6 is 0 Å². The largest absolute Gasteiger partial charge is 0.416 e. The van der Waals surface area contributed by atoms with Gasteiger partial charge >= 0.3 is 6.18 Å². The number of aromatic nitrogens is 1. The van der Waals surface area contributed by atoms with Crippen molar-refractivity contribution in [2.24, 2.45) is 0 Å². The molecule has 0 saturated heterocycles. The summed E-state index contributed by atoms with van der Waals surface area (Å²) >= 11 is 0. The standard InChI is InChI=1S/C14H13F3N2O3S/c15-14(16,17)11-4-1-3-10(7-11)13(20)9-19-23(21,22)12-5-2-6-18-8-12/h1-8,13,19-20H,9H2/t13-/m0/s1. The van der Waals surface area contributed by atoms with Crippen molar-refractivity contribution in [3.63, 3.8) is 0 Å². The fourth-order valence-corrected chi connectivity index (χ4v) is 2.82. The predicted molar refractivity (Wildman–Crippen MR) is 75.8 cm³/mol. The van der Waals surface area contributed by atoms with Crippen LogP contribution in [0.3, 0.4) is 0 Å². The number of aliphatic hydroxyl groups is 1. The maximum atomic E-state index is 12.6. The van der Waals surface area contributed by atoms with Crippen LogP contribution in [0, 0.1) is 0 Å². The third-order valence-corrected chi connectivity index (χ3v) is 4.42. The van der Waals surface area contributed by atoms with Gasteiger partial charge in [-0.15, -0.1) is 0 Å². The van der Waals surface area contributed by atoms with Crippen LogP contribution in [0.15, 0.2) is 53.7 Å². The molecule has 0 aliphatic carbocycles. The van der Waals surface area contributed by atoms with Crippen molar-refractivity contribution in [1.29, 1.82) is 0 Å². The average Bonchev–Trinajstić information content (AvgIpc) is 2.53. The van der Waals surface area contributed by atoms with Crippen molar-refractivity contribution in [3.8, 4) is 0 Å². The lowest BCUT2D eigenvalue weighted by atomic mass is 10.1. The maximum absolute atomic E-state index is 12.6. The van der Waals surface area contributed by atoms with Crippen molar-refractivity contribution in [3.05, 3.63) is 59.9 Å². The summed E-state index contributed by atoms with van der Waals surface area (Å²) in [5.74, 6) is 0. The predicted octanol–water partition coefficient (Wildman–Crippen LogP) is 2.11. The highest BCUT2D eigenvalue weighted by Crippen LogP contribution is 2.30. The average molecular weight is 346 g/mol. The highest BCUT2D eigenvalue weighted by Gasteiger charge is 2.31. The quantitative estimate of drug-likeness (QED) is 0.869. The molecule has 0 aliphatic rings. The first-order valence-electron chi connectivity index (χ1n) is 6.45. The normalized spacial score (nSPS) is 13.7. The molecular formula is C14H13F3N2O3S. The van der Waals surface area contributed by atoms with Gasteiger partial charge in [0.25, 0.3) is 0 Å². The second-order valence-electron chi connectivity index (χ2n) is 4.68. The van der Waals surface area contributed by atoms with Gasteiger partial charge in [0.05, 0.1) is 11.7 Å². The number of halogens is 3. The molecule has 0 unspecified atom stereocenters. The molecule has 124 valence electrons. The van der Waals surface area contributed by atoms with Crippen LogP contribution in [0.4, 0.5) is 13.2 Å². The molecule has 1 atom stereocenters. The number of hydrogen-bond donors (Lipinski definition) is 2. The Labute approximate surface area is 130 Å². The zero-order chi connectivity index (χ0) is 17.1. The Morgan fingerprint density at radius 1 is 1.22 bits per heavy atom. The van der Waals surface area contributed by atoms with E-state index in [1.54, 1.807) is 0 Å². The molecule has 2 N–H and O–H groups in total. The number of benzene rings is 1. The lowest BCUT2D eigenvalue weighted by Crippen LogP contribution is -2.28. The number of nitrogens with one attached hydrogen (secondary N) is 1. The van der Waals surface area contributed by atoms with E-state index >= 15 is 0 Å². The minimum atomic E-state index is -4.54. The molecule has 2 aromatic rings. The van der Waals surface area contributed by atoms with Crippen molar-refractivity contribution < 1.29 is 26.7 Å². The van der Waals surface area contributed by atoms with E-state index in [4.69, 9.17) is 0 Å². The van der Waals surface area contributed by atoms with Crippen LogP contribution in [0.2, 0.25) is 0 Å². The first kappa shape index (κ1) is 17.4. The van der Waals surface area contributed by atoms with Crippen molar-refractivity contribution >= 4 is 10.0 Å². The molecule has 1 heterocycles. The van der Waals surface area contributed by atoms with Crippen LogP contribution in [0.25, 0.3) is 0 Å². The molecule has 1 aromatic carbocycles. The van der Waals surface area contributed by atoms with Crippen LogP contribution in [0.1, 0.15) is 17.2 Å². The number of sulfonamides is 1. The van der Waals surface area contributed by atoms with Crippen LogP contribution in [-0.4, -0.2) is 25.1 Å². The summed E-state index contributed by atoms with van der Waals surface area (Å²) in [5.41, 5.74) is -0.946. The van der Waals surface area contributed by atoms with Crippen molar-refractivity contribution in [1.82, 2.24) is 9.71 Å². The van der Waals surface area contributed by atoms with Gasteiger partial charge in [-0.3, -0.25) is 4.98 Å². The topological polar surface area (TPSA) is 79.3 Å². The zero-order valence-electron chi connectivity index (χ0n) is 11.7. The van der Waals surface area contributed by atoms with Gasteiger partial charge in [-0.1, -0.05) is 12.1 Å². The second kappa shape index (κ2) is 6.65. The maximum Gasteiger partial charge on any atom is 0.416 e. The molecule has 5 nitrogen and oxygen atoms in total. The summed E-state index contributed by atoms with van der Waals surface area (Å²) in [7, 11) is -3.90. The highest BCUT2D eigenvalue weighted by atomic mass is 32.2. The number of aliphatic hydroxyl groups excluding tert-OH is 1. The molecule has 0 bridgehead atoms. The van der Waals surface area contributed by atoms with Crippen LogP contribution in [-0.2, 0) is 16.2 Å². The second-order valence-corrected chi connectivity index (χ2v) is 6.45. The van der Waals surface area contributed by atoms with Gasteiger partial charge < -0.3 is 5.11 Å². The van der Waals surface area contributed by atoms with Crippen molar-refractivity contribution in [2.45, 2.75) is 17.2 Å². The number of hydrogen-bond acceptors (Lipinski definition) is 4. The summed E-state index contributed by atoms with van der Waals surface area (Å²) in [6.07, 6.45) is -3.43. The molecular weight excluding hydrogens is 333 g/mol. The van der Waals surface area contributed by atoms with E-state index in [0.29, 0.717) is 0 Å². The van der Waals surface area contributed by atoms with E-state index in [0.717, 1.165) is 24.4 Å². The van der Waals surface area contributed by atoms with E-state index in [2.05, 4.69) is 9.71 Å². The zero-order valence-corrected chi connectivity index (χ0v) is 12.5. The van der Waals surface area contributed by atoms with Crippen LogP contribution in [0.5, 0.6) is 0 Å². The van der Waals surface area contributed by atoms with Gasteiger partial charge in [0.2, 0.25) is 10.0 Å². The smallest absolute Gasteiger partial charge is 0.387 e. The van der Waals surface area contributed by atoms with E-state index in [1.165, 1.54) is 24.4 Å². The number of pyridine rings is 1. The lowest BCUT2D eigenvalue weighted by Gasteiger charge is -2.14. The molecule has 0 fully saturated rings. The van der Waals surface area contributed by atoms with Crippen LogP contribution < -0.4 is 4.72 Å². The van der Waals surface area contributed by atoms with Gasteiger partial charge in [-0.05, 0) is 29.8 Å². The Morgan fingerprint density at radius 3 is 2.57 bits per heavy atom. The van der Waals surface area contributed by atoms with E-state index in [9.17, 15) is 26.7 Å². The molecule has 0 radical (unpaired) electrons. The summed E-state index contributed by atoms with van der Waals surface area (Å²) in [6.45, 7) is -0.460. The Bertz CT molecular complexity index is 764. The fourth-order valence-electron chi connectivity index (χ4n) is 1.82. The Balaban J connectivity index is 2.10. The molecule has 0 aliphatic heterocycles. The number of alkyl halides is 3. The lowest BCUT2D eigenvalue weighted by molar-refractivity contribution is -0.137. The number of nitrogens with zero attached hydrogens (tertiary/aromatic N) is 1. The summed E-state index contributed by atoms with van der Waals surface area (Å²) in [4.78, 5) is 3.57. The van der Waals surface area contributed by atoms with Gasteiger partial charge in [0.1, 0.15) is 4.90 Å². The summed E-state index contributed by atoms with van der Waals surface area (Å²) in [6, 6.07) is 6.83. The first-order chi connectivity index (χ1) is 10.7. The minimum absolute atomic E-state index is 0.0336. The monoisotopic (exact) mass is 346 g/mol. The molecule has 0 amide bonds. The van der Waals surface area contributed by atoms with E-state index in [1.807, 2.05) is 0 Å². The molecule has 1 aromatic heterocycles. The Hall–Kier alpha value is -1.97. The van der Waals surface area contributed by atoms with Gasteiger partial charge in [-0.25, -0.2) is 13.1 Å². The van der Waals surface area contributed by atoms with Gasteiger partial charge in [0.15, 0.2) is 0 Å². The van der Waals surface area contributed by atoms with E-state index < -0.39 is 34.4 Å². The van der Waals surface area contributed by atoms with Crippen molar-refractivity contribution in [2.75, 3.05) is 6.54 Å². The molecule has 2 rings (SSSR count). The first-order valence-corrected chi connectivity index (χ1v) is 7.93. The number of rotatable bonds is 5.